The lowest BCUT2D eigenvalue weighted by Crippen LogP contribution is -2.49. The maximum atomic E-state index is 12.7. The van der Waals surface area contributed by atoms with Gasteiger partial charge in [0.15, 0.2) is 0 Å². The Bertz CT molecular complexity index is 883. The van der Waals surface area contributed by atoms with Crippen LogP contribution in [0.2, 0.25) is 5.02 Å². The Kier molecular flexibility index (Phi) is 7.71. The first kappa shape index (κ1) is 22.0. The molecule has 1 N–H and O–H groups in total. The Balaban J connectivity index is 2.09. The molecular weight excluding hydrogens is 400 g/mol. The minimum atomic E-state index is -3.66. The van der Waals surface area contributed by atoms with Crippen LogP contribution in [0.4, 0.5) is 5.69 Å². The van der Waals surface area contributed by atoms with Crippen molar-refractivity contribution in [3.8, 4) is 5.75 Å². The fourth-order valence-electron chi connectivity index (χ4n) is 2.89. The number of ether oxygens (including phenoxy) is 1. The molecule has 28 heavy (non-hydrogen) atoms. The highest BCUT2D eigenvalue weighted by Crippen LogP contribution is 2.24. The van der Waals surface area contributed by atoms with Gasteiger partial charge in [0.1, 0.15) is 11.8 Å². The average molecular weight is 425 g/mol. The minimum Gasteiger partial charge on any atom is -0.497 e. The van der Waals surface area contributed by atoms with Crippen LogP contribution in [-0.4, -0.2) is 40.3 Å². The molecule has 0 aromatic heterocycles. The van der Waals surface area contributed by atoms with Crippen molar-refractivity contribution in [3.63, 3.8) is 0 Å². The van der Waals surface area contributed by atoms with Gasteiger partial charge in [-0.05, 0) is 54.8 Å². The number of nitrogens with zero attached hydrogens (tertiary/aromatic N) is 1. The van der Waals surface area contributed by atoms with E-state index in [1.807, 2.05) is 24.3 Å². The molecule has 0 saturated heterocycles. The number of benzene rings is 2. The maximum absolute atomic E-state index is 12.7. The second-order valence-corrected chi connectivity index (χ2v) is 8.64. The van der Waals surface area contributed by atoms with Gasteiger partial charge in [-0.3, -0.25) is 9.10 Å². The predicted molar refractivity (Wildman–Crippen MR) is 113 cm³/mol. The molecule has 0 aliphatic rings. The molecule has 0 saturated carbocycles. The Morgan fingerprint density at radius 2 is 1.75 bits per heavy atom. The molecule has 2 aromatic rings. The molecule has 8 heteroatoms. The Hall–Kier alpha value is -2.25. The highest BCUT2D eigenvalue weighted by atomic mass is 35.5. The van der Waals surface area contributed by atoms with Crippen LogP contribution in [0.5, 0.6) is 5.75 Å². The van der Waals surface area contributed by atoms with E-state index in [4.69, 9.17) is 16.3 Å². The summed E-state index contributed by atoms with van der Waals surface area (Å²) in [6.07, 6.45) is 2.06. The van der Waals surface area contributed by atoms with Gasteiger partial charge in [-0.25, -0.2) is 8.42 Å². The first-order valence-electron chi connectivity index (χ1n) is 8.92. The molecule has 0 radical (unpaired) electrons. The number of anilines is 1. The van der Waals surface area contributed by atoms with Crippen LogP contribution in [-0.2, 0) is 21.2 Å². The molecule has 152 valence electrons. The van der Waals surface area contributed by atoms with Gasteiger partial charge in [-0.1, -0.05) is 30.7 Å². The van der Waals surface area contributed by atoms with E-state index in [-0.39, 0.29) is 5.91 Å². The van der Waals surface area contributed by atoms with Gasteiger partial charge < -0.3 is 10.1 Å². The monoisotopic (exact) mass is 424 g/mol. The van der Waals surface area contributed by atoms with E-state index in [1.54, 1.807) is 38.3 Å². The third-order valence-electron chi connectivity index (χ3n) is 4.28. The first-order valence-corrected chi connectivity index (χ1v) is 11.1. The van der Waals surface area contributed by atoms with Crippen molar-refractivity contribution < 1.29 is 17.9 Å². The van der Waals surface area contributed by atoms with E-state index in [1.165, 1.54) is 0 Å². The molecule has 0 unspecified atom stereocenters. The van der Waals surface area contributed by atoms with Crippen LogP contribution in [0.1, 0.15) is 18.9 Å². The summed E-state index contributed by atoms with van der Waals surface area (Å²) in [6.45, 7) is 2.18. The molecule has 1 atom stereocenters. The third kappa shape index (κ3) is 5.87. The van der Waals surface area contributed by atoms with E-state index >= 15 is 0 Å². The first-order chi connectivity index (χ1) is 13.3. The lowest BCUT2D eigenvalue weighted by atomic mass is 10.1. The maximum Gasteiger partial charge on any atom is 0.243 e. The van der Waals surface area contributed by atoms with E-state index < -0.39 is 16.1 Å². The lowest BCUT2D eigenvalue weighted by Gasteiger charge is -2.30. The molecule has 0 fully saturated rings. The van der Waals surface area contributed by atoms with Gasteiger partial charge in [-0.2, -0.15) is 0 Å². The number of halogens is 1. The number of sulfonamides is 1. The number of nitrogens with one attached hydrogen (secondary N) is 1. The second-order valence-electron chi connectivity index (χ2n) is 6.35. The number of hydrogen-bond donors (Lipinski definition) is 1. The molecule has 0 aliphatic heterocycles. The predicted octanol–water partition coefficient (Wildman–Crippen LogP) is 3.25. The van der Waals surface area contributed by atoms with E-state index in [0.717, 1.165) is 21.9 Å². The van der Waals surface area contributed by atoms with Gasteiger partial charge >= 0.3 is 0 Å². The SMILES string of the molecule is CC[C@@H](C(=O)NCCc1ccc(OC)cc1)N(c1ccc(Cl)cc1)S(C)(=O)=O. The number of carbonyl (C=O) groups is 1. The Morgan fingerprint density at radius 1 is 1.14 bits per heavy atom. The molecule has 6 nitrogen and oxygen atoms in total. The Morgan fingerprint density at radius 3 is 2.25 bits per heavy atom. The summed E-state index contributed by atoms with van der Waals surface area (Å²) < 4.78 is 31.0. The van der Waals surface area contributed by atoms with Crippen molar-refractivity contribution in [2.24, 2.45) is 0 Å². The van der Waals surface area contributed by atoms with Gasteiger partial charge in [0.2, 0.25) is 15.9 Å². The quantitative estimate of drug-likeness (QED) is 0.670. The zero-order valence-electron chi connectivity index (χ0n) is 16.2. The van der Waals surface area contributed by atoms with Crippen LogP contribution < -0.4 is 14.4 Å². The molecule has 1 amide bonds. The van der Waals surface area contributed by atoms with Crippen LogP contribution in [0.25, 0.3) is 0 Å². The van der Waals surface area contributed by atoms with Crippen molar-refractivity contribution in [3.05, 3.63) is 59.1 Å². The van der Waals surface area contributed by atoms with Crippen LogP contribution >= 0.6 is 11.6 Å². The van der Waals surface area contributed by atoms with Crippen molar-refractivity contribution in [2.75, 3.05) is 24.2 Å². The summed E-state index contributed by atoms with van der Waals surface area (Å²) >= 11 is 5.90. The summed E-state index contributed by atoms with van der Waals surface area (Å²) in [7, 11) is -2.05. The van der Waals surface area contributed by atoms with Crippen LogP contribution in [0.15, 0.2) is 48.5 Å². The number of amides is 1. The van der Waals surface area contributed by atoms with Gasteiger partial charge in [0, 0.05) is 11.6 Å². The topological polar surface area (TPSA) is 75.7 Å². The average Bonchev–Trinajstić information content (AvgIpc) is 2.66. The molecular formula is C20H25ClN2O4S. The van der Waals surface area contributed by atoms with Gasteiger partial charge in [-0.15, -0.1) is 0 Å². The third-order valence-corrected chi connectivity index (χ3v) is 5.71. The minimum absolute atomic E-state index is 0.337. The van der Waals surface area contributed by atoms with E-state index in [9.17, 15) is 13.2 Å². The molecule has 0 aliphatic carbocycles. The summed E-state index contributed by atoms with van der Waals surface area (Å²) in [5.74, 6) is 0.432. The lowest BCUT2D eigenvalue weighted by molar-refractivity contribution is -0.122. The fourth-order valence-corrected chi connectivity index (χ4v) is 4.23. The van der Waals surface area contributed by atoms with E-state index in [0.29, 0.717) is 30.1 Å². The Labute approximate surface area is 171 Å². The summed E-state index contributed by atoms with van der Waals surface area (Å²) in [5.41, 5.74) is 1.45. The highest BCUT2D eigenvalue weighted by Gasteiger charge is 2.31. The summed E-state index contributed by atoms with van der Waals surface area (Å²) in [6, 6.07) is 13.1. The molecule has 2 aromatic carbocycles. The van der Waals surface area contributed by atoms with Crippen molar-refractivity contribution >= 4 is 33.2 Å². The fraction of sp³-hybridized carbons (Fsp3) is 0.350. The molecule has 0 bridgehead atoms. The summed E-state index contributed by atoms with van der Waals surface area (Å²) in [5, 5.41) is 3.34. The number of hydrogen-bond acceptors (Lipinski definition) is 4. The summed E-state index contributed by atoms with van der Waals surface area (Å²) in [4.78, 5) is 12.7. The van der Waals surface area contributed by atoms with Crippen molar-refractivity contribution in [1.82, 2.24) is 5.32 Å². The molecule has 0 spiro atoms. The standard InChI is InChI=1S/C20H25ClN2O4S/c1-4-19(23(28(3,25)26)17-9-7-16(21)8-10-17)20(24)22-14-13-15-5-11-18(27-2)12-6-15/h5-12,19H,4,13-14H2,1-3H3,(H,22,24)/t19-/m0/s1. The molecule has 2 rings (SSSR count). The van der Waals surface area contributed by atoms with Crippen molar-refractivity contribution in [2.45, 2.75) is 25.8 Å². The van der Waals surface area contributed by atoms with Crippen LogP contribution in [0.3, 0.4) is 0 Å². The number of carbonyl (C=O) groups excluding carboxylic acids is 1. The van der Waals surface area contributed by atoms with Gasteiger partial charge in [0.05, 0.1) is 19.1 Å². The largest absolute Gasteiger partial charge is 0.497 e. The highest BCUT2D eigenvalue weighted by molar-refractivity contribution is 7.92. The second kappa shape index (κ2) is 9.80. The smallest absolute Gasteiger partial charge is 0.243 e. The van der Waals surface area contributed by atoms with Crippen LogP contribution in [0, 0.1) is 0 Å². The van der Waals surface area contributed by atoms with Gasteiger partial charge in [0.25, 0.3) is 0 Å². The number of methoxy groups -OCH3 is 1. The normalized spacial score (nSPS) is 12.3. The zero-order valence-corrected chi connectivity index (χ0v) is 17.8. The van der Waals surface area contributed by atoms with E-state index in [2.05, 4.69) is 5.32 Å². The number of rotatable bonds is 9. The van der Waals surface area contributed by atoms with Crippen molar-refractivity contribution in [1.29, 1.82) is 0 Å². The zero-order chi connectivity index (χ0) is 20.7. The molecule has 0 heterocycles.